The fourth-order valence-electron chi connectivity index (χ4n) is 2.69. The second-order valence-corrected chi connectivity index (χ2v) is 6.18. The second kappa shape index (κ2) is 9.03. The zero-order valence-corrected chi connectivity index (χ0v) is 15.3. The molecule has 0 spiro atoms. The van der Waals surface area contributed by atoms with E-state index in [2.05, 4.69) is 5.32 Å². The van der Waals surface area contributed by atoms with Crippen LogP contribution < -0.4 is 22.3 Å². The van der Waals surface area contributed by atoms with Crippen LogP contribution in [0.15, 0.2) is 39.9 Å². The lowest BCUT2D eigenvalue weighted by Gasteiger charge is -2.16. The van der Waals surface area contributed by atoms with Gasteiger partial charge in [-0.2, -0.15) is 0 Å². The molecule has 2 rings (SSSR count). The number of hydrogen-bond acceptors (Lipinski definition) is 4. The molecular formula is C19H26N4O3. The minimum absolute atomic E-state index is 0.0744. The van der Waals surface area contributed by atoms with Crippen molar-refractivity contribution in [2.24, 2.45) is 0 Å². The molecular weight excluding hydrogens is 332 g/mol. The molecule has 0 bridgehead atoms. The maximum absolute atomic E-state index is 12.8. The van der Waals surface area contributed by atoms with E-state index >= 15 is 0 Å². The standard InChI is InChI=1S/C19H26N4O3/c1-3-5-12-22-16(20)15(17(24)21-14-10-8-7-9-11-14)18(25)23(19(22)26)13-6-4-2/h7-11H,3-6,12-13,20H2,1-2H3,(H,21,24). The van der Waals surface area contributed by atoms with Crippen LogP contribution in [0.1, 0.15) is 49.9 Å². The highest BCUT2D eigenvalue weighted by atomic mass is 16.2. The van der Waals surface area contributed by atoms with Crippen LogP contribution in [0, 0.1) is 0 Å². The molecule has 0 saturated heterocycles. The third-order valence-corrected chi connectivity index (χ3v) is 4.20. The average Bonchev–Trinajstić information content (AvgIpc) is 2.62. The summed E-state index contributed by atoms with van der Waals surface area (Å²) < 4.78 is 2.45. The van der Waals surface area contributed by atoms with Gasteiger partial charge in [-0.05, 0) is 25.0 Å². The second-order valence-electron chi connectivity index (χ2n) is 6.18. The van der Waals surface area contributed by atoms with Crippen LogP contribution in [0.25, 0.3) is 0 Å². The molecule has 7 heteroatoms. The summed E-state index contributed by atoms with van der Waals surface area (Å²) in [5.74, 6) is -0.677. The number of unbranched alkanes of at least 4 members (excludes halogenated alkanes) is 2. The first-order valence-electron chi connectivity index (χ1n) is 9.00. The number of aromatic nitrogens is 2. The highest BCUT2D eigenvalue weighted by Crippen LogP contribution is 2.11. The summed E-state index contributed by atoms with van der Waals surface area (Å²) in [5, 5.41) is 2.68. The Bertz CT molecular complexity index is 869. The van der Waals surface area contributed by atoms with Crippen LogP contribution in [0.3, 0.4) is 0 Å². The summed E-state index contributed by atoms with van der Waals surface area (Å²) in [4.78, 5) is 38.2. The van der Waals surface area contributed by atoms with E-state index in [-0.39, 0.29) is 17.9 Å². The Kier molecular flexibility index (Phi) is 6.77. The van der Waals surface area contributed by atoms with Crippen molar-refractivity contribution < 1.29 is 4.79 Å². The van der Waals surface area contributed by atoms with Gasteiger partial charge in [0.2, 0.25) is 0 Å². The number of nitrogen functional groups attached to an aromatic ring is 1. The molecule has 3 N–H and O–H groups in total. The number of para-hydroxylation sites is 1. The van der Waals surface area contributed by atoms with E-state index in [1.807, 2.05) is 19.9 Å². The molecule has 0 unspecified atom stereocenters. The summed E-state index contributed by atoms with van der Waals surface area (Å²) in [6.07, 6.45) is 3.10. The lowest BCUT2D eigenvalue weighted by Crippen LogP contribution is -2.45. The van der Waals surface area contributed by atoms with Gasteiger partial charge in [0.25, 0.3) is 11.5 Å². The monoisotopic (exact) mass is 358 g/mol. The van der Waals surface area contributed by atoms with E-state index in [1.165, 1.54) is 4.57 Å². The third-order valence-electron chi connectivity index (χ3n) is 4.20. The summed E-state index contributed by atoms with van der Waals surface area (Å²) in [6, 6.07) is 8.82. The molecule has 0 aliphatic carbocycles. The molecule has 140 valence electrons. The number of amides is 1. The van der Waals surface area contributed by atoms with E-state index < -0.39 is 17.2 Å². The molecule has 7 nitrogen and oxygen atoms in total. The number of hydrogen-bond donors (Lipinski definition) is 2. The van der Waals surface area contributed by atoms with Gasteiger partial charge in [0, 0.05) is 18.8 Å². The maximum Gasteiger partial charge on any atom is 0.332 e. The minimum Gasteiger partial charge on any atom is -0.384 e. The van der Waals surface area contributed by atoms with Gasteiger partial charge >= 0.3 is 5.69 Å². The van der Waals surface area contributed by atoms with Gasteiger partial charge in [-0.25, -0.2) is 4.79 Å². The Hall–Kier alpha value is -2.83. The number of nitrogens with one attached hydrogen (secondary N) is 1. The van der Waals surface area contributed by atoms with Crippen molar-refractivity contribution in [1.29, 1.82) is 0 Å². The van der Waals surface area contributed by atoms with Gasteiger partial charge in [0.15, 0.2) is 0 Å². The fraction of sp³-hybridized carbons (Fsp3) is 0.421. The first-order chi connectivity index (χ1) is 12.5. The highest BCUT2D eigenvalue weighted by molar-refractivity contribution is 6.06. The van der Waals surface area contributed by atoms with Crippen molar-refractivity contribution in [3.8, 4) is 0 Å². The van der Waals surface area contributed by atoms with E-state index in [0.717, 1.165) is 23.8 Å². The maximum atomic E-state index is 12.8. The first-order valence-corrected chi connectivity index (χ1v) is 9.00. The van der Waals surface area contributed by atoms with Gasteiger partial charge in [-0.15, -0.1) is 0 Å². The molecule has 0 aliphatic heterocycles. The van der Waals surface area contributed by atoms with Crippen molar-refractivity contribution in [2.45, 2.75) is 52.6 Å². The van der Waals surface area contributed by atoms with E-state index in [9.17, 15) is 14.4 Å². The van der Waals surface area contributed by atoms with Crippen molar-refractivity contribution in [3.63, 3.8) is 0 Å². The molecule has 0 radical (unpaired) electrons. The topological polar surface area (TPSA) is 99.1 Å². The Morgan fingerprint density at radius 2 is 1.58 bits per heavy atom. The van der Waals surface area contributed by atoms with Gasteiger partial charge in [-0.3, -0.25) is 18.7 Å². The lowest BCUT2D eigenvalue weighted by molar-refractivity contribution is 0.102. The van der Waals surface area contributed by atoms with Crippen molar-refractivity contribution in [2.75, 3.05) is 11.1 Å². The van der Waals surface area contributed by atoms with Crippen LogP contribution in [0.5, 0.6) is 0 Å². The molecule has 2 aromatic rings. The zero-order valence-electron chi connectivity index (χ0n) is 15.3. The number of carbonyl (C=O) groups is 1. The minimum atomic E-state index is -0.637. The SMILES string of the molecule is CCCCn1c(N)c(C(=O)Nc2ccccc2)c(=O)n(CCCC)c1=O. The molecule has 26 heavy (non-hydrogen) atoms. The van der Waals surface area contributed by atoms with Gasteiger partial charge in [-0.1, -0.05) is 44.9 Å². The molecule has 1 aromatic carbocycles. The predicted molar refractivity (Wildman–Crippen MR) is 104 cm³/mol. The largest absolute Gasteiger partial charge is 0.384 e. The normalized spacial score (nSPS) is 10.7. The van der Waals surface area contributed by atoms with Gasteiger partial charge in [0.05, 0.1) is 0 Å². The number of carbonyl (C=O) groups excluding carboxylic acids is 1. The van der Waals surface area contributed by atoms with Crippen LogP contribution in [-0.2, 0) is 13.1 Å². The lowest BCUT2D eigenvalue weighted by atomic mass is 10.2. The van der Waals surface area contributed by atoms with E-state index in [1.54, 1.807) is 24.3 Å². The number of benzene rings is 1. The molecule has 0 atom stereocenters. The Balaban J connectivity index is 2.53. The van der Waals surface area contributed by atoms with Gasteiger partial charge < -0.3 is 11.1 Å². The third kappa shape index (κ3) is 4.22. The summed E-state index contributed by atoms with van der Waals surface area (Å²) >= 11 is 0. The Labute approximate surface area is 152 Å². The smallest absolute Gasteiger partial charge is 0.332 e. The zero-order chi connectivity index (χ0) is 19.1. The van der Waals surface area contributed by atoms with Gasteiger partial charge in [0.1, 0.15) is 11.4 Å². The molecule has 1 heterocycles. The number of nitrogens with two attached hydrogens (primary N) is 1. The molecule has 1 amide bonds. The van der Waals surface area contributed by atoms with Crippen LogP contribution in [-0.4, -0.2) is 15.0 Å². The van der Waals surface area contributed by atoms with Crippen molar-refractivity contribution >= 4 is 17.4 Å². The van der Waals surface area contributed by atoms with E-state index in [0.29, 0.717) is 18.7 Å². The summed E-state index contributed by atoms with van der Waals surface area (Å²) in [6.45, 7) is 4.61. The Morgan fingerprint density at radius 1 is 1.00 bits per heavy atom. The van der Waals surface area contributed by atoms with Crippen molar-refractivity contribution in [3.05, 3.63) is 56.7 Å². The number of anilines is 2. The Morgan fingerprint density at radius 3 is 2.15 bits per heavy atom. The molecule has 1 aromatic heterocycles. The fourth-order valence-corrected chi connectivity index (χ4v) is 2.69. The number of nitrogens with zero attached hydrogens (tertiary/aromatic N) is 2. The highest BCUT2D eigenvalue weighted by Gasteiger charge is 2.22. The summed E-state index contributed by atoms with van der Waals surface area (Å²) in [7, 11) is 0. The van der Waals surface area contributed by atoms with Crippen molar-refractivity contribution in [1.82, 2.24) is 9.13 Å². The summed E-state index contributed by atoms with van der Waals surface area (Å²) in [5.41, 5.74) is 5.35. The quantitative estimate of drug-likeness (QED) is 0.757. The molecule has 0 saturated carbocycles. The molecule has 0 aliphatic rings. The van der Waals surface area contributed by atoms with Crippen LogP contribution >= 0.6 is 0 Å². The van der Waals surface area contributed by atoms with Crippen LogP contribution in [0.2, 0.25) is 0 Å². The van der Waals surface area contributed by atoms with Crippen LogP contribution in [0.4, 0.5) is 11.5 Å². The average molecular weight is 358 g/mol. The first kappa shape index (κ1) is 19.5. The van der Waals surface area contributed by atoms with E-state index in [4.69, 9.17) is 5.73 Å². The number of rotatable bonds is 8. The predicted octanol–water partition coefficient (Wildman–Crippen LogP) is 2.44. The molecule has 0 fully saturated rings.